The highest BCUT2D eigenvalue weighted by molar-refractivity contribution is 5.81. The van der Waals surface area contributed by atoms with Crippen LogP contribution >= 0.6 is 0 Å². The molecule has 0 aliphatic carbocycles. The van der Waals surface area contributed by atoms with Crippen molar-refractivity contribution in [1.29, 1.82) is 0 Å². The van der Waals surface area contributed by atoms with Crippen LogP contribution in [-0.4, -0.2) is 66.0 Å². The molecule has 2 rings (SSSR count). The normalized spacial score (nSPS) is 21.2. The standard InChI is InChI=1S/C15H19F3N4O2/c1-21(9-15(16,17)18)13(24)8-20-11-6-12(23)22(2)14(11)10-4-3-5-19-7-10/h3-5,7,11,14,20H,6,8-9H2,1-2H3/t11-,14+/m1/s1. The molecule has 1 aromatic heterocycles. The summed E-state index contributed by atoms with van der Waals surface area (Å²) in [5.74, 6) is -0.781. The molecule has 1 aliphatic heterocycles. The van der Waals surface area contributed by atoms with Crippen LogP contribution in [0, 0.1) is 0 Å². The fourth-order valence-corrected chi connectivity index (χ4v) is 2.77. The zero-order valence-corrected chi connectivity index (χ0v) is 13.4. The zero-order valence-electron chi connectivity index (χ0n) is 13.4. The van der Waals surface area contributed by atoms with Gasteiger partial charge in [-0.05, 0) is 11.6 Å². The topological polar surface area (TPSA) is 65.5 Å². The number of carbonyl (C=O) groups excluding carboxylic acids is 2. The molecule has 1 aromatic rings. The number of halogens is 3. The van der Waals surface area contributed by atoms with Gasteiger partial charge in [-0.3, -0.25) is 14.6 Å². The molecule has 1 fully saturated rings. The highest BCUT2D eigenvalue weighted by Crippen LogP contribution is 2.31. The Balaban J connectivity index is 2.00. The molecule has 9 heteroatoms. The zero-order chi connectivity index (χ0) is 17.9. The SMILES string of the molecule is CN(CC(F)(F)F)C(=O)CN[C@@H]1CC(=O)N(C)[C@H]1c1cccnc1. The largest absolute Gasteiger partial charge is 0.406 e. The van der Waals surface area contributed by atoms with Gasteiger partial charge in [0.1, 0.15) is 6.54 Å². The highest BCUT2D eigenvalue weighted by Gasteiger charge is 2.39. The van der Waals surface area contributed by atoms with Gasteiger partial charge in [0.05, 0.1) is 12.6 Å². The molecule has 2 amide bonds. The summed E-state index contributed by atoms with van der Waals surface area (Å²) in [5, 5.41) is 2.91. The minimum Gasteiger partial charge on any atom is -0.337 e. The minimum atomic E-state index is -4.44. The molecular formula is C15H19F3N4O2. The molecule has 1 N–H and O–H groups in total. The molecular weight excluding hydrogens is 325 g/mol. The Kier molecular flexibility index (Phi) is 5.43. The van der Waals surface area contributed by atoms with E-state index in [1.54, 1.807) is 30.4 Å². The number of hydrogen-bond acceptors (Lipinski definition) is 4. The number of alkyl halides is 3. The summed E-state index contributed by atoms with van der Waals surface area (Å²) in [4.78, 5) is 30.0. The van der Waals surface area contributed by atoms with Gasteiger partial charge in [-0.1, -0.05) is 6.07 Å². The van der Waals surface area contributed by atoms with E-state index in [0.29, 0.717) is 4.90 Å². The molecule has 24 heavy (non-hydrogen) atoms. The van der Waals surface area contributed by atoms with E-state index in [1.165, 1.54) is 0 Å². The fourth-order valence-electron chi connectivity index (χ4n) is 2.77. The first kappa shape index (κ1) is 18.2. The third-order valence-corrected chi connectivity index (χ3v) is 3.97. The molecule has 0 saturated carbocycles. The molecule has 6 nitrogen and oxygen atoms in total. The predicted octanol–water partition coefficient (Wildman–Crippen LogP) is 0.964. The van der Waals surface area contributed by atoms with Crippen LogP contribution in [0.3, 0.4) is 0 Å². The van der Waals surface area contributed by atoms with Crippen molar-refractivity contribution in [1.82, 2.24) is 20.1 Å². The Hall–Kier alpha value is -2.16. The van der Waals surface area contributed by atoms with E-state index in [9.17, 15) is 22.8 Å². The summed E-state index contributed by atoms with van der Waals surface area (Å²) in [5.41, 5.74) is 0.805. The van der Waals surface area contributed by atoms with E-state index in [-0.39, 0.29) is 31.0 Å². The molecule has 0 aromatic carbocycles. The molecule has 1 saturated heterocycles. The molecule has 2 heterocycles. The first-order valence-corrected chi connectivity index (χ1v) is 7.38. The summed E-state index contributed by atoms with van der Waals surface area (Å²) in [6.07, 6.45) is -1.02. The lowest BCUT2D eigenvalue weighted by atomic mass is 10.0. The number of pyridine rings is 1. The number of likely N-dealkylation sites (N-methyl/N-ethyl adjacent to an activating group) is 2. The van der Waals surface area contributed by atoms with Crippen molar-refractivity contribution in [3.63, 3.8) is 0 Å². The number of aromatic nitrogens is 1. The lowest BCUT2D eigenvalue weighted by Gasteiger charge is -2.26. The van der Waals surface area contributed by atoms with E-state index in [0.717, 1.165) is 12.6 Å². The summed E-state index contributed by atoms with van der Waals surface area (Å²) in [6.45, 7) is -1.57. The van der Waals surface area contributed by atoms with Crippen LogP contribution in [0.4, 0.5) is 13.2 Å². The summed E-state index contributed by atoms with van der Waals surface area (Å²) in [6, 6.07) is 2.88. The second kappa shape index (κ2) is 7.16. The first-order valence-electron chi connectivity index (χ1n) is 7.38. The predicted molar refractivity (Wildman–Crippen MR) is 79.8 cm³/mol. The van der Waals surface area contributed by atoms with E-state index in [1.807, 2.05) is 6.07 Å². The Morgan fingerprint density at radius 3 is 2.79 bits per heavy atom. The highest BCUT2D eigenvalue weighted by atomic mass is 19.4. The number of hydrogen-bond donors (Lipinski definition) is 1. The van der Waals surface area contributed by atoms with Crippen molar-refractivity contribution in [3.8, 4) is 0 Å². The molecule has 2 atom stereocenters. The lowest BCUT2D eigenvalue weighted by molar-refractivity contribution is -0.157. The van der Waals surface area contributed by atoms with Crippen LogP contribution in [0.2, 0.25) is 0 Å². The van der Waals surface area contributed by atoms with Gasteiger partial charge in [0, 0.05) is 39.0 Å². The summed E-state index contributed by atoms with van der Waals surface area (Å²) < 4.78 is 37.0. The van der Waals surface area contributed by atoms with Gasteiger partial charge in [-0.25, -0.2) is 0 Å². The second-order valence-electron chi connectivity index (χ2n) is 5.79. The number of amides is 2. The number of nitrogens with zero attached hydrogens (tertiary/aromatic N) is 3. The molecule has 0 unspecified atom stereocenters. The van der Waals surface area contributed by atoms with Gasteiger partial charge in [0.25, 0.3) is 0 Å². The Morgan fingerprint density at radius 1 is 1.50 bits per heavy atom. The first-order chi connectivity index (χ1) is 11.2. The van der Waals surface area contributed by atoms with Gasteiger partial charge >= 0.3 is 6.18 Å². The molecule has 1 aliphatic rings. The third kappa shape index (κ3) is 4.44. The summed E-state index contributed by atoms with van der Waals surface area (Å²) in [7, 11) is 2.75. The van der Waals surface area contributed by atoms with Gasteiger partial charge in [-0.2, -0.15) is 13.2 Å². The van der Waals surface area contributed by atoms with E-state index < -0.39 is 18.6 Å². The van der Waals surface area contributed by atoms with E-state index in [2.05, 4.69) is 10.3 Å². The smallest absolute Gasteiger partial charge is 0.337 e. The van der Waals surface area contributed by atoms with Crippen LogP contribution in [0.5, 0.6) is 0 Å². The molecule has 0 bridgehead atoms. The van der Waals surface area contributed by atoms with Gasteiger partial charge < -0.3 is 15.1 Å². The van der Waals surface area contributed by atoms with Crippen molar-refractivity contribution >= 4 is 11.8 Å². The fraction of sp³-hybridized carbons (Fsp3) is 0.533. The van der Waals surface area contributed by atoms with Crippen molar-refractivity contribution < 1.29 is 22.8 Å². The maximum Gasteiger partial charge on any atom is 0.406 e. The van der Waals surface area contributed by atoms with Crippen LogP contribution in [0.1, 0.15) is 18.0 Å². The Morgan fingerprint density at radius 2 is 2.21 bits per heavy atom. The minimum absolute atomic E-state index is 0.0996. The van der Waals surface area contributed by atoms with Crippen LogP contribution < -0.4 is 5.32 Å². The lowest BCUT2D eigenvalue weighted by Crippen LogP contribution is -2.44. The van der Waals surface area contributed by atoms with Gasteiger partial charge in [0.15, 0.2) is 0 Å². The van der Waals surface area contributed by atoms with Crippen LogP contribution in [0.15, 0.2) is 24.5 Å². The monoisotopic (exact) mass is 344 g/mol. The molecule has 132 valence electrons. The van der Waals surface area contributed by atoms with Gasteiger partial charge in [0.2, 0.25) is 11.8 Å². The van der Waals surface area contributed by atoms with E-state index in [4.69, 9.17) is 0 Å². The number of nitrogens with one attached hydrogen (secondary N) is 1. The number of likely N-dealkylation sites (tertiary alicyclic amines) is 1. The van der Waals surface area contributed by atoms with Crippen molar-refractivity contribution in [3.05, 3.63) is 30.1 Å². The van der Waals surface area contributed by atoms with Gasteiger partial charge in [-0.15, -0.1) is 0 Å². The summed E-state index contributed by atoms with van der Waals surface area (Å²) >= 11 is 0. The Labute approximate surface area is 137 Å². The quantitative estimate of drug-likeness (QED) is 0.864. The third-order valence-electron chi connectivity index (χ3n) is 3.97. The van der Waals surface area contributed by atoms with Crippen molar-refractivity contribution in [2.24, 2.45) is 0 Å². The van der Waals surface area contributed by atoms with Crippen molar-refractivity contribution in [2.45, 2.75) is 24.7 Å². The average molecular weight is 344 g/mol. The van der Waals surface area contributed by atoms with Crippen LogP contribution in [0.25, 0.3) is 0 Å². The molecule has 0 spiro atoms. The Bertz CT molecular complexity index is 594. The van der Waals surface area contributed by atoms with E-state index >= 15 is 0 Å². The maximum atomic E-state index is 12.3. The van der Waals surface area contributed by atoms with Crippen LogP contribution in [-0.2, 0) is 9.59 Å². The second-order valence-corrected chi connectivity index (χ2v) is 5.79. The maximum absolute atomic E-state index is 12.3. The molecule has 0 radical (unpaired) electrons. The van der Waals surface area contributed by atoms with Crippen molar-refractivity contribution in [2.75, 3.05) is 27.2 Å². The average Bonchev–Trinajstić information content (AvgIpc) is 2.79. The number of rotatable bonds is 5. The number of carbonyl (C=O) groups is 2.